The van der Waals surface area contributed by atoms with Crippen LogP contribution < -0.4 is 15.5 Å². The van der Waals surface area contributed by atoms with E-state index >= 15 is 0 Å². The lowest BCUT2D eigenvalue weighted by Crippen LogP contribution is -2.44. The van der Waals surface area contributed by atoms with Gasteiger partial charge in [0, 0.05) is 52.2 Å². The van der Waals surface area contributed by atoms with Crippen LogP contribution >= 0.6 is 0 Å². The molecule has 0 spiro atoms. The number of nitrogens with zero attached hydrogens (tertiary/aromatic N) is 3. The highest BCUT2D eigenvalue weighted by atomic mass is 19.1. The topological polar surface area (TPSA) is 60.0 Å². The van der Waals surface area contributed by atoms with Gasteiger partial charge in [0.05, 0.1) is 0 Å². The van der Waals surface area contributed by atoms with E-state index in [4.69, 9.17) is 0 Å². The normalized spacial score (nSPS) is 19.0. The summed E-state index contributed by atoms with van der Waals surface area (Å²) >= 11 is 0. The first-order valence-electron chi connectivity index (χ1n) is 11.0. The van der Waals surface area contributed by atoms with Crippen LogP contribution in [0, 0.1) is 11.6 Å². The lowest BCUT2D eigenvalue weighted by atomic mass is 10.1. The average molecular weight is 442 g/mol. The molecule has 2 aliphatic heterocycles. The quantitative estimate of drug-likeness (QED) is 0.535. The summed E-state index contributed by atoms with van der Waals surface area (Å²) in [5.41, 5.74) is 2.26. The van der Waals surface area contributed by atoms with Crippen LogP contribution in [-0.2, 0) is 17.9 Å². The predicted molar refractivity (Wildman–Crippen MR) is 121 cm³/mol. The highest BCUT2D eigenvalue weighted by molar-refractivity contribution is 5.80. The Morgan fingerprint density at radius 3 is 2.47 bits per heavy atom. The average Bonchev–Trinajstić information content (AvgIpc) is 3.41. The summed E-state index contributed by atoms with van der Waals surface area (Å²) < 4.78 is 28.1. The second kappa shape index (κ2) is 9.97. The molecule has 8 heteroatoms. The van der Waals surface area contributed by atoms with Crippen molar-refractivity contribution in [2.45, 2.75) is 38.4 Å². The molecule has 1 amide bonds. The van der Waals surface area contributed by atoms with Crippen LogP contribution in [0.1, 0.15) is 30.4 Å². The Balaban J connectivity index is 1.27. The van der Waals surface area contributed by atoms with Crippen LogP contribution in [-0.4, -0.2) is 49.5 Å². The number of anilines is 1. The van der Waals surface area contributed by atoms with Crippen molar-refractivity contribution < 1.29 is 13.6 Å². The summed E-state index contributed by atoms with van der Waals surface area (Å²) in [5, 5.41) is 6.64. The summed E-state index contributed by atoms with van der Waals surface area (Å²) in [7, 11) is 1.70. The van der Waals surface area contributed by atoms with Crippen molar-refractivity contribution in [3.8, 4) is 0 Å². The smallest absolute Gasteiger partial charge is 0.222 e. The minimum atomic E-state index is -0.536. The number of likely N-dealkylation sites (tertiary alicyclic amines) is 1. The maximum Gasteiger partial charge on any atom is 0.222 e. The van der Waals surface area contributed by atoms with E-state index in [-0.39, 0.29) is 17.6 Å². The van der Waals surface area contributed by atoms with Gasteiger partial charge in [0.2, 0.25) is 5.91 Å². The van der Waals surface area contributed by atoms with Crippen molar-refractivity contribution in [1.82, 2.24) is 15.5 Å². The van der Waals surface area contributed by atoms with Gasteiger partial charge in [-0.1, -0.05) is 30.3 Å². The molecule has 0 aromatic heterocycles. The lowest BCUT2D eigenvalue weighted by Gasteiger charge is -2.21. The Kier molecular flexibility index (Phi) is 6.87. The fourth-order valence-electron chi connectivity index (χ4n) is 4.30. The van der Waals surface area contributed by atoms with Gasteiger partial charge < -0.3 is 20.4 Å². The fourth-order valence-corrected chi connectivity index (χ4v) is 4.30. The van der Waals surface area contributed by atoms with Gasteiger partial charge in [-0.05, 0) is 36.1 Å². The van der Waals surface area contributed by atoms with Gasteiger partial charge in [0.15, 0.2) is 5.96 Å². The minimum Gasteiger partial charge on any atom is -0.365 e. The number of hydrogen-bond acceptors (Lipinski definition) is 3. The molecule has 0 bridgehead atoms. The van der Waals surface area contributed by atoms with E-state index < -0.39 is 11.6 Å². The Labute approximate surface area is 187 Å². The molecule has 0 aliphatic carbocycles. The summed E-state index contributed by atoms with van der Waals surface area (Å²) in [4.78, 5) is 19.7. The van der Waals surface area contributed by atoms with Gasteiger partial charge in [-0.3, -0.25) is 9.79 Å². The molecule has 2 N–H and O–H groups in total. The Morgan fingerprint density at radius 1 is 1.09 bits per heavy atom. The molecular weight excluding hydrogens is 412 g/mol. The van der Waals surface area contributed by atoms with Crippen LogP contribution in [0.15, 0.2) is 47.5 Å². The number of guanidine groups is 1. The molecule has 2 saturated heterocycles. The number of amides is 1. The van der Waals surface area contributed by atoms with Gasteiger partial charge in [-0.15, -0.1) is 0 Å². The molecule has 32 heavy (non-hydrogen) atoms. The second-order valence-electron chi connectivity index (χ2n) is 8.31. The van der Waals surface area contributed by atoms with Gasteiger partial charge in [0.1, 0.15) is 17.3 Å². The maximum atomic E-state index is 14.1. The van der Waals surface area contributed by atoms with Crippen molar-refractivity contribution in [1.29, 1.82) is 0 Å². The fraction of sp³-hybridized carbons (Fsp3) is 0.417. The van der Waals surface area contributed by atoms with E-state index in [1.165, 1.54) is 18.2 Å². The number of hydrogen-bond donors (Lipinski definition) is 2. The first-order chi connectivity index (χ1) is 15.5. The van der Waals surface area contributed by atoms with Crippen LogP contribution in [0.3, 0.4) is 0 Å². The monoisotopic (exact) mass is 441 g/mol. The summed E-state index contributed by atoms with van der Waals surface area (Å²) in [5.74, 6) is -0.192. The van der Waals surface area contributed by atoms with Crippen molar-refractivity contribution in [3.05, 3.63) is 65.2 Å². The molecule has 4 rings (SSSR count). The van der Waals surface area contributed by atoms with E-state index in [1.807, 2.05) is 4.90 Å². The number of carbonyl (C=O) groups is 1. The maximum absolute atomic E-state index is 14.1. The van der Waals surface area contributed by atoms with Crippen molar-refractivity contribution in [2.24, 2.45) is 4.99 Å². The SMILES string of the molecule is CN=C(NCc1ccc(CN2CCCC2=O)cc1)NC1CCN(c2c(F)cccc2F)C1. The molecule has 170 valence electrons. The summed E-state index contributed by atoms with van der Waals surface area (Å²) in [6, 6.07) is 12.2. The van der Waals surface area contributed by atoms with Crippen LogP contribution in [0.25, 0.3) is 0 Å². The van der Waals surface area contributed by atoms with Crippen molar-refractivity contribution in [2.75, 3.05) is 31.6 Å². The Hall–Kier alpha value is -3.16. The molecule has 2 heterocycles. The van der Waals surface area contributed by atoms with E-state index in [0.29, 0.717) is 38.6 Å². The number of halogens is 2. The predicted octanol–water partition coefficient (Wildman–Crippen LogP) is 3.03. The van der Waals surface area contributed by atoms with Gasteiger partial charge >= 0.3 is 0 Å². The Bertz CT molecular complexity index is 959. The number of carbonyl (C=O) groups excluding carboxylic acids is 1. The number of nitrogens with one attached hydrogen (secondary N) is 2. The summed E-state index contributed by atoms with van der Waals surface area (Å²) in [6.45, 7) is 3.18. The first kappa shape index (κ1) is 22.0. The molecule has 1 unspecified atom stereocenters. The zero-order valence-electron chi connectivity index (χ0n) is 18.3. The molecule has 2 aromatic carbocycles. The number of para-hydroxylation sites is 1. The molecule has 2 aliphatic rings. The molecule has 1 atom stereocenters. The minimum absolute atomic E-state index is 0.0375. The molecule has 0 saturated carbocycles. The van der Waals surface area contributed by atoms with Crippen LogP contribution in [0.5, 0.6) is 0 Å². The van der Waals surface area contributed by atoms with Crippen molar-refractivity contribution >= 4 is 17.6 Å². The van der Waals surface area contributed by atoms with E-state index in [0.717, 1.165) is 30.5 Å². The van der Waals surface area contributed by atoms with Crippen LogP contribution in [0.4, 0.5) is 14.5 Å². The highest BCUT2D eigenvalue weighted by Gasteiger charge is 2.27. The third kappa shape index (κ3) is 5.18. The second-order valence-corrected chi connectivity index (χ2v) is 8.31. The first-order valence-corrected chi connectivity index (χ1v) is 11.0. The Morgan fingerprint density at radius 2 is 1.81 bits per heavy atom. The highest BCUT2D eigenvalue weighted by Crippen LogP contribution is 2.26. The van der Waals surface area contributed by atoms with Crippen LogP contribution in [0.2, 0.25) is 0 Å². The third-order valence-corrected chi connectivity index (χ3v) is 6.03. The molecule has 2 fully saturated rings. The van der Waals surface area contributed by atoms with Gasteiger partial charge in [-0.2, -0.15) is 0 Å². The zero-order valence-corrected chi connectivity index (χ0v) is 18.3. The third-order valence-electron chi connectivity index (χ3n) is 6.03. The van der Waals surface area contributed by atoms with Gasteiger partial charge in [0.25, 0.3) is 0 Å². The van der Waals surface area contributed by atoms with Crippen molar-refractivity contribution in [3.63, 3.8) is 0 Å². The number of aliphatic imine (C=N–C) groups is 1. The largest absolute Gasteiger partial charge is 0.365 e. The molecule has 2 aromatic rings. The lowest BCUT2D eigenvalue weighted by molar-refractivity contribution is -0.128. The standard InChI is InChI=1S/C24H29F2N5O/c1-27-24(29-19-11-13-31(16-19)23-20(25)4-2-5-21(23)26)28-14-17-7-9-18(10-8-17)15-30-12-3-6-22(30)32/h2,4-5,7-10,19H,3,6,11-16H2,1H3,(H2,27,28,29). The summed E-state index contributed by atoms with van der Waals surface area (Å²) in [6.07, 6.45) is 2.36. The van der Waals surface area contributed by atoms with E-state index in [2.05, 4.69) is 39.9 Å². The van der Waals surface area contributed by atoms with E-state index in [1.54, 1.807) is 11.9 Å². The molecule has 6 nitrogen and oxygen atoms in total. The van der Waals surface area contributed by atoms with E-state index in [9.17, 15) is 13.6 Å². The molecule has 0 radical (unpaired) electrons. The number of benzene rings is 2. The van der Waals surface area contributed by atoms with Gasteiger partial charge in [-0.25, -0.2) is 8.78 Å². The zero-order chi connectivity index (χ0) is 22.5. The number of rotatable bonds is 6. The molecular formula is C24H29F2N5O.